The van der Waals surface area contributed by atoms with Gasteiger partial charge in [0, 0.05) is 29.8 Å². The number of pyridine rings is 1. The van der Waals surface area contributed by atoms with Crippen molar-refractivity contribution in [2.75, 3.05) is 25.1 Å². The number of hydrogen-bond acceptors (Lipinski definition) is 5. The molecule has 1 amide bonds. The lowest BCUT2D eigenvalue weighted by Crippen LogP contribution is -2.38. The fourth-order valence-corrected chi connectivity index (χ4v) is 4.76. The Hall–Kier alpha value is -2.75. The quantitative estimate of drug-likeness (QED) is 0.532. The van der Waals surface area contributed by atoms with E-state index in [2.05, 4.69) is 20.9 Å². The summed E-state index contributed by atoms with van der Waals surface area (Å²) in [5.74, 6) is 0.848. The number of aromatic nitrogens is 1. The van der Waals surface area contributed by atoms with Gasteiger partial charge in [0.15, 0.2) is 11.6 Å². The highest BCUT2D eigenvalue weighted by Gasteiger charge is 2.26. The molecule has 31 heavy (non-hydrogen) atoms. The second-order valence-electron chi connectivity index (χ2n) is 7.05. The van der Waals surface area contributed by atoms with Crippen LogP contribution in [-0.2, 0) is 16.6 Å². The molecule has 0 saturated heterocycles. The van der Waals surface area contributed by atoms with Crippen LogP contribution in [0, 0.1) is 0 Å². The van der Waals surface area contributed by atoms with E-state index in [4.69, 9.17) is 4.74 Å². The predicted molar refractivity (Wildman–Crippen MR) is 121 cm³/mol. The SMILES string of the molecule is CN(Cc1cccc(C(=O)N2CCOc3cccnc32)c1)S(=O)(=O)c1ccc(Br)cc1. The molecule has 0 radical (unpaired) electrons. The third-order valence-electron chi connectivity index (χ3n) is 4.93. The van der Waals surface area contributed by atoms with E-state index in [1.165, 1.54) is 11.4 Å². The molecule has 0 bridgehead atoms. The van der Waals surface area contributed by atoms with Crippen molar-refractivity contribution in [1.29, 1.82) is 0 Å². The zero-order valence-corrected chi connectivity index (χ0v) is 19.1. The van der Waals surface area contributed by atoms with Crippen LogP contribution in [0.1, 0.15) is 15.9 Å². The fourth-order valence-electron chi connectivity index (χ4n) is 3.34. The van der Waals surface area contributed by atoms with E-state index in [1.54, 1.807) is 71.8 Å². The topological polar surface area (TPSA) is 79.8 Å². The maximum absolute atomic E-state index is 13.1. The van der Waals surface area contributed by atoms with Crippen LogP contribution in [0.15, 0.2) is 76.2 Å². The summed E-state index contributed by atoms with van der Waals surface area (Å²) in [6, 6.07) is 17.0. The lowest BCUT2D eigenvalue weighted by Gasteiger charge is -2.28. The van der Waals surface area contributed by atoms with Crippen LogP contribution >= 0.6 is 15.9 Å². The molecule has 1 aliphatic heterocycles. The van der Waals surface area contributed by atoms with Gasteiger partial charge in [0.2, 0.25) is 10.0 Å². The van der Waals surface area contributed by atoms with Gasteiger partial charge in [-0.25, -0.2) is 13.4 Å². The summed E-state index contributed by atoms with van der Waals surface area (Å²) < 4.78 is 33.4. The number of nitrogens with zero attached hydrogens (tertiary/aromatic N) is 3. The van der Waals surface area contributed by atoms with Crippen molar-refractivity contribution >= 4 is 37.7 Å². The monoisotopic (exact) mass is 501 g/mol. The predicted octanol–water partition coefficient (Wildman–Crippen LogP) is 3.70. The number of sulfonamides is 1. The van der Waals surface area contributed by atoms with E-state index in [1.807, 2.05) is 0 Å². The molecule has 1 aromatic heterocycles. The molecule has 0 saturated carbocycles. The van der Waals surface area contributed by atoms with E-state index >= 15 is 0 Å². The molecule has 0 N–H and O–H groups in total. The second-order valence-corrected chi connectivity index (χ2v) is 10.0. The van der Waals surface area contributed by atoms with E-state index in [0.717, 1.165) is 4.47 Å². The Kier molecular flexibility index (Phi) is 6.08. The Morgan fingerprint density at radius 2 is 1.94 bits per heavy atom. The van der Waals surface area contributed by atoms with Gasteiger partial charge in [-0.15, -0.1) is 0 Å². The minimum atomic E-state index is -3.66. The van der Waals surface area contributed by atoms with Crippen molar-refractivity contribution in [3.8, 4) is 5.75 Å². The van der Waals surface area contributed by atoms with E-state index < -0.39 is 10.0 Å². The first kappa shape index (κ1) is 21.5. The minimum absolute atomic E-state index is 0.136. The molecule has 9 heteroatoms. The summed E-state index contributed by atoms with van der Waals surface area (Å²) in [5.41, 5.74) is 1.17. The van der Waals surface area contributed by atoms with Crippen LogP contribution in [0.5, 0.6) is 5.75 Å². The number of carbonyl (C=O) groups excluding carboxylic acids is 1. The summed E-state index contributed by atoms with van der Waals surface area (Å²) in [6.45, 7) is 0.917. The molecule has 2 heterocycles. The number of ether oxygens (including phenoxy) is 1. The van der Waals surface area contributed by atoms with Gasteiger partial charge in [0.05, 0.1) is 11.4 Å². The normalized spacial score (nSPS) is 13.6. The molecule has 0 fully saturated rings. The van der Waals surface area contributed by atoms with Crippen LogP contribution in [0.3, 0.4) is 0 Å². The van der Waals surface area contributed by atoms with Gasteiger partial charge >= 0.3 is 0 Å². The van der Waals surface area contributed by atoms with E-state index in [9.17, 15) is 13.2 Å². The molecule has 160 valence electrons. The van der Waals surface area contributed by atoms with Crippen molar-refractivity contribution in [1.82, 2.24) is 9.29 Å². The molecule has 3 aromatic rings. The number of rotatable bonds is 5. The van der Waals surface area contributed by atoms with Crippen LogP contribution in [0.2, 0.25) is 0 Å². The van der Waals surface area contributed by atoms with Gasteiger partial charge in [-0.05, 0) is 54.1 Å². The second kappa shape index (κ2) is 8.78. The summed E-state index contributed by atoms with van der Waals surface area (Å²) in [4.78, 5) is 19.2. The fraction of sp³-hybridized carbons (Fsp3) is 0.182. The van der Waals surface area contributed by atoms with Gasteiger partial charge in [-0.1, -0.05) is 28.1 Å². The first-order valence-electron chi connectivity index (χ1n) is 9.57. The summed E-state index contributed by atoms with van der Waals surface area (Å²) in [6.07, 6.45) is 1.62. The number of benzene rings is 2. The standard InChI is InChI=1S/C22H20BrN3O4S/c1-25(31(28,29)19-9-7-18(23)8-10-19)15-16-4-2-5-17(14-16)22(27)26-12-13-30-20-6-3-11-24-21(20)26/h2-11,14H,12-13,15H2,1H3. The Balaban J connectivity index is 1.55. The first-order chi connectivity index (χ1) is 14.9. The van der Waals surface area contributed by atoms with Gasteiger partial charge < -0.3 is 4.74 Å². The minimum Gasteiger partial charge on any atom is -0.488 e. The van der Waals surface area contributed by atoms with Crippen molar-refractivity contribution < 1.29 is 17.9 Å². The molecule has 7 nitrogen and oxygen atoms in total. The molecule has 0 unspecified atom stereocenters. The van der Waals surface area contributed by atoms with E-state index in [-0.39, 0.29) is 17.3 Å². The van der Waals surface area contributed by atoms with Gasteiger partial charge in [0.25, 0.3) is 5.91 Å². The van der Waals surface area contributed by atoms with Crippen LogP contribution in [0.25, 0.3) is 0 Å². The number of anilines is 1. The third kappa shape index (κ3) is 4.48. The molecule has 1 aliphatic rings. The van der Waals surface area contributed by atoms with Crippen LogP contribution < -0.4 is 9.64 Å². The Labute approximate surface area is 189 Å². The lowest BCUT2D eigenvalue weighted by atomic mass is 10.1. The lowest BCUT2D eigenvalue weighted by molar-refractivity contribution is 0.0975. The Bertz CT molecular complexity index is 1220. The number of carbonyl (C=O) groups is 1. The van der Waals surface area contributed by atoms with Crippen molar-refractivity contribution in [3.63, 3.8) is 0 Å². The number of halogens is 1. The number of hydrogen-bond donors (Lipinski definition) is 0. The average molecular weight is 502 g/mol. The molecule has 2 aromatic carbocycles. The molecular formula is C22H20BrN3O4S. The number of fused-ring (bicyclic) bond motifs is 1. The zero-order valence-electron chi connectivity index (χ0n) is 16.7. The molecule has 0 atom stereocenters. The van der Waals surface area contributed by atoms with Crippen molar-refractivity contribution in [3.05, 3.63) is 82.5 Å². The third-order valence-corrected chi connectivity index (χ3v) is 7.27. The van der Waals surface area contributed by atoms with Crippen LogP contribution in [0.4, 0.5) is 5.82 Å². The summed E-state index contributed by atoms with van der Waals surface area (Å²) in [5, 5.41) is 0. The van der Waals surface area contributed by atoms with E-state index in [0.29, 0.717) is 35.8 Å². The maximum Gasteiger partial charge on any atom is 0.259 e. The Morgan fingerprint density at radius 1 is 1.16 bits per heavy atom. The molecular weight excluding hydrogens is 482 g/mol. The van der Waals surface area contributed by atoms with Gasteiger partial charge in [-0.3, -0.25) is 9.69 Å². The largest absolute Gasteiger partial charge is 0.488 e. The average Bonchev–Trinajstić information content (AvgIpc) is 2.78. The van der Waals surface area contributed by atoms with Crippen molar-refractivity contribution in [2.45, 2.75) is 11.4 Å². The highest BCUT2D eigenvalue weighted by molar-refractivity contribution is 9.10. The first-order valence-corrected chi connectivity index (χ1v) is 11.8. The Morgan fingerprint density at radius 3 is 2.71 bits per heavy atom. The van der Waals surface area contributed by atoms with Crippen LogP contribution in [-0.4, -0.2) is 43.8 Å². The highest BCUT2D eigenvalue weighted by Crippen LogP contribution is 2.29. The molecule has 4 rings (SSSR count). The van der Waals surface area contributed by atoms with Gasteiger partial charge in [-0.2, -0.15) is 4.31 Å². The number of amides is 1. The summed E-state index contributed by atoms with van der Waals surface area (Å²) >= 11 is 3.31. The summed E-state index contributed by atoms with van der Waals surface area (Å²) in [7, 11) is -2.14. The smallest absolute Gasteiger partial charge is 0.259 e. The maximum atomic E-state index is 13.1. The highest BCUT2D eigenvalue weighted by atomic mass is 79.9. The van der Waals surface area contributed by atoms with Gasteiger partial charge in [0.1, 0.15) is 6.61 Å². The molecule has 0 aliphatic carbocycles. The van der Waals surface area contributed by atoms with Crippen molar-refractivity contribution in [2.24, 2.45) is 0 Å². The zero-order chi connectivity index (χ0) is 22.0. The molecule has 0 spiro atoms.